The number of anilines is 1. The lowest BCUT2D eigenvalue weighted by Gasteiger charge is -2.07. The van der Waals surface area contributed by atoms with Crippen molar-refractivity contribution < 1.29 is 13.6 Å². The van der Waals surface area contributed by atoms with Gasteiger partial charge in [-0.2, -0.15) is 0 Å². The van der Waals surface area contributed by atoms with Crippen molar-refractivity contribution in [2.24, 2.45) is 0 Å². The van der Waals surface area contributed by atoms with Crippen LogP contribution in [0.15, 0.2) is 40.9 Å². The number of hydrogen-bond acceptors (Lipinski definition) is 2. The third-order valence-electron chi connectivity index (χ3n) is 2.70. The fourth-order valence-corrected chi connectivity index (χ4v) is 2.13. The topological polar surface area (TPSA) is 43.1 Å². The summed E-state index contributed by atoms with van der Waals surface area (Å²) in [6.07, 6.45) is -0.0496. The summed E-state index contributed by atoms with van der Waals surface area (Å²) in [6.45, 7) is 0. The lowest BCUT2D eigenvalue weighted by molar-refractivity contribution is 0.0993. The molecule has 0 fully saturated rings. The molecule has 2 aromatic rings. The second kappa shape index (κ2) is 5.48. The van der Waals surface area contributed by atoms with Gasteiger partial charge in [0.05, 0.1) is 4.47 Å². The number of halogens is 3. The van der Waals surface area contributed by atoms with Crippen LogP contribution in [-0.2, 0) is 6.42 Å². The minimum atomic E-state index is -0.532. The Morgan fingerprint density at radius 2 is 1.95 bits per heavy atom. The fourth-order valence-electron chi connectivity index (χ4n) is 1.72. The highest BCUT2D eigenvalue weighted by molar-refractivity contribution is 9.10. The highest BCUT2D eigenvalue weighted by Crippen LogP contribution is 2.23. The van der Waals surface area contributed by atoms with Gasteiger partial charge in [-0.1, -0.05) is 12.1 Å². The van der Waals surface area contributed by atoms with E-state index < -0.39 is 11.6 Å². The van der Waals surface area contributed by atoms with Gasteiger partial charge in [-0.25, -0.2) is 8.78 Å². The molecule has 0 aromatic heterocycles. The van der Waals surface area contributed by atoms with E-state index in [-0.39, 0.29) is 27.9 Å². The van der Waals surface area contributed by atoms with Gasteiger partial charge in [0.2, 0.25) is 0 Å². The Bertz CT molecular complexity index is 643. The molecule has 98 valence electrons. The van der Waals surface area contributed by atoms with Crippen molar-refractivity contribution in [3.63, 3.8) is 0 Å². The van der Waals surface area contributed by atoms with E-state index in [0.29, 0.717) is 5.56 Å². The van der Waals surface area contributed by atoms with Gasteiger partial charge in [0, 0.05) is 17.7 Å². The normalized spacial score (nSPS) is 10.5. The molecule has 19 heavy (non-hydrogen) atoms. The first-order chi connectivity index (χ1) is 8.99. The Kier molecular flexibility index (Phi) is 3.95. The third-order valence-corrected chi connectivity index (χ3v) is 3.59. The molecule has 0 aliphatic carbocycles. The van der Waals surface area contributed by atoms with Crippen LogP contribution in [0.25, 0.3) is 0 Å². The third kappa shape index (κ3) is 2.98. The number of nitrogens with two attached hydrogens (primary N) is 1. The van der Waals surface area contributed by atoms with Crippen LogP contribution >= 0.6 is 15.9 Å². The highest BCUT2D eigenvalue weighted by Gasteiger charge is 2.14. The predicted molar refractivity (Wildman–Crippen MR) is 72.9 cm³/mol. The SMILES string of the molecule is Nc1ccc(F)cc1C(=O)Cc1cccc(F)c1Br. The van der Waals surface area contributed by atoms with Crippen molar-refractivity contribution in [1.82, 2.24) is 0 Å². The Balaban J connectivity index is 2.31. The Hall–Kier alpha value is -1.75. The Morgan fingerprint density at radius 1 is 1.21 bits per heavy atom. The van der Waals surface area contributed by atoms with Gasteiger partial charge in [0.1, 0.15) is 11.6 Å². The minimum absolute atomic E-state index is 0.0496. The number of Topliss-reactive ketones (excluding diaryl/α,β-unsaturated/α-hetero) is 1. The van der Waals surface area contributed by atoms with E-state index in [0.717, 1.165) is 6.07 Å². The lowest BCUT2D eigenvalue weighted by atomic mass is 10.0. The molecule has 2 aromatic carbocycles. The molecule has 5 heteroatoms. The maximum Gasteiger partial charge on any atom is 0.169 e. The number of hydrogen-bond donors (Lipinski definition) is 1. The van der Waals surface area contributed by atoms with Crippen LogP contribution in [0.5, 0.6) is 0 Å². The smallest absolute Gasteiger partial charge is 0.169 e. The molecule has 0 unspecified atom stereocenters. The number of nitrogen functional groups attached to an aromatic ring is 1. The first-order valence-electron chi connectivity index (χ1n) is 5.50. The molecule has 2 nitrogen and oxygen atoms in total. The fraction of sp³-hybridized carbons (Fsp3) is 0.0714. The number of benzene rings is 2. The van der Waals surface area contributed by atoms with Crippen molar-refractivity contribution in [3.05, 3.63) is 63.6 Å². The molecule has 0 heterocycles. The van der Waals surface area contributed by atoms with Gasteiger partial charge in [0.15, 0.2) is 5.78 Å². The molecule has 0 radical (unpaired) electrons. The van der Waals surface area contributed by atoms with Gasteiger partial charge >= 0.3 is 0 Å². The Morgan fingerprint density at radius 3 is 2.68 bits per heavy atom. The van der Waals surface area contributed by atoms with Crippen LogP contribution in [-0.4, -0.2) is 5.78 Å². The van der Waals surface area contributed by atoms with E-state index in [2.05, 4.69) is 15.9 Å². The molecule has 0 atom stereocenters. The van der Waals surface area contributed by atoms with Gasteiger partial charge in [-0.05, 0) is 45.8 Å². The highest BCUT2D eigenvalue weighted by atomic mass is 79.9. The quantitative estimate of drug-likeness (QED) is 0.690. The standard InChI is InChI=1S/C14H10BrF2NO/c15-14-8(2-1-3-11(14)17)6-13(19)10-7-9(16)4-5-12(10)18/h1-5,7H,6,18H2. The first-order valence-corrected chi connectivity index (χ1v) is 6.29. The lowest BCUT2D eigenvalue weighted by Crippen LogP contribution is -2.08. The molecule has 0 aliphatic rings. The maximum atomic E-state index is 13.3. The summed E-state index contributed by atoms with van der Waals surface area (Å²) in [5, 5.41) is 0. The first kappa shape index (κ1) is 13.7. The molecule has 0 bridgehead atoms. The van der Waals surface area contributed by atoms with Crippen LogP contribution in [0.3, 0.4) is 0 Å². The summed E-state index contributed by atoms with van der Waals surface area (Å²) >= 11 is 3.08. The van der Waals surface area contributed by atoms with Crippen molar-refractivity contribution in [1.29, 1.82) is 0 Å². The second-order valence-corrected chi connectivity index (χ2v) is 4.84. The van der Waals surface area contributed by atoms with E-state index in [1.165, 1.54) is 24.3 Å². The molecular formula is C14H10BrF2NO. The van der Waals surface area contributed by atoms with Gasteiger partial charge < -0.3 is 5.73 Å². The zero-order valence-corrected chi connectivity index (χ0v) is 11.4. The summed E-state index contributed by atoms with van der Waals surface area (Å²) < 4.78 is 26.7. The minimum Gasteiger partial charge on any atom is -0.398 e. The summed E-state index contributed by atoms with van der Waals surface area (Å²) in [5.41, 5.74) is 6.45. The molecule has 0 spiro atoms. The van der Waals surface area contributed by atoms with Crippen molar-refractivity contribution in [3.8, 4) is 0 Å². The van der Waals surface area contributed by atoms with Crippen molar-refractivity contribution in [2.75, 3.05) is 5.73 Å². The zero-order valence-electron chi connectivity index (χ0n) is 9.79. The van der Waals surface area contributed by atoms with Crippen LogP contribution in [0.4, 0.5) is 14.5 Å². The molecule has 0 saturated heterocycles. The van der Waals surface area contributed by atoms with Crippen LogP contribution < -0.4 is 5.73 Å². The number of ketones is 1. The molecular weight excluding hydrogens is 316 g/mol. The van der Waals surface area contributed by atoms with Crippen LogP contribution in [0.2, 0.25) is 0 Å². The van der Waals surface area contributed by atoms with E-state index in [1.54, 1.807) is 6.07 Å². The largest absolute Gasteiger partial charge is 0.398 e. The van der Waals surface area contributed by atoms with E-state index in [9.17, 15) is 13.6 Å². The van der Waals surface area contributed by atoms with Gasteiger partial charge in [-0.3, -0.25) is 4.79 Å². The monoisotopic (exact) mass is 325 g/mol. The van der Waals surface area contributed by atoms with E-state index in [1.807, 2.05) is 0 Å². The average Bonchev–Trinajstić information content (AvgIpc) is 2.38. The molecule has 0 aliphatic heterocycles. The van der Waals surface area contributed by atoms with Gasteiger partial charge in [0.25, 0.3) is 0 Å². The summed E-state index contributed by atoms with van der Waals surface area (Å²) in [5.74, 6) is -1.34. The predicted octanol–water partition coefficient (Wildman–Crippen LogP) is 3.73. The number of rotatable bonds is 3. The van der Waals surface area contributed by atoms with Crippen molar-refractivity contribution in [2.45, 2.75) is 6.42 Å². The van der Waals surface area contributed by atoms with E-state index in [4.69, 9.17) is 5.73 Å². The zero-order chi connectivity index (χ0) is 14.0. The Labute approximate surface area is 117 Å². The summed E-state index contributed by atoms with van der Waals surface area (Å²) in [6, 6.07) is 8.03. The number of carbonyl (C=O) groups is 1. The maximum absolute atomic E-state index is 13.3. The molecule has 0 amide bonds. The summed E-state index contributed by atoms with van der Waals surface area (Å²) in [4.78, 5) is 12.1. The number of carbonyl (C=O) groups excluding carboxylic acids is 1. The molecule has 2 rings (SSSR count). The second-order valence-electron chi connectivity index (χ2n) is 4.04. The van der Waals surface area contributed by atoms with E-state index >= 15 is 0 Å². The average molecular weight is 326 g/mol. The molecule has 0 saturated carbocycles. The summed E-state index contributed by atoms with van der Waals surface area (Å²) in [7, 11) is 0. The van der Waals surface area contributed by atoms with Crippen LogP contribution in [0, 0.1) is 11.6 Å². The van der Waals surface area contributed by atoms with Gasteiger partial charge in [-0.15, -0.1) is 0 Å². The van der Waals surface area contributed by atoms with Crippen LogP contribution in [0.1, 0.15) is 15.9 Å². The molecule has 2 N–H and O–H groups in total. The van der Waals surface area contributed by atoms with Crippen molar-refractivity contribution >= 4 is 27.4 Å².